The predicted octanol–water partition coefficient (Wildman–Crippen LogP) is 4.21. The molecule has 0 bridgehead atoms. The number of hydrogen-bond acceptors (Lipinski definition) is 1. The van der Waals surface area contributed by atoms with Gasteiger partial charge in [0.25, 0.3) is 0 Å². The van der Waals surface area contributed by atoms with Crippen LogP contribution >= 0.6 is 0 Å². The van der Waals surface area contributed by atoms with Gasteiger partial charge < -0.3 is 4.90 Å². The zero-order valence-electron chi connectivity index (χ0n) is 12.1. The topological polar surface area (TPSA) is 3.24 Å². The fourth-order valence-electron chi connectivity index (χ4n) is 2.35. The first-order chi connectivity index (χ1) is 7.62. The van der Waals surface area contributed by atoms with Crippen LogP contribution in [0, 0.1) is 0 Å². The summed E-state index contributed by atoms with van der Waals surface area (Å²) in [6.07, 6.45) is 4.04. The van der Waals surface area contributed by atoms with Gasteiger partial charge >= 0.3 is 0 Å². The molecule has 0 saturated heterocycles. The Morgan fingerprint density at radius 1 is 1.19 bits per heavy atom. The molecular weight excluding hydrogens is 210 g/mol. The van der Waals surface area contributed by atoms with Gasteiger partial charge in [0.2, 0.25) is 0 Å². The first-order valence-electron chi connectivity index (χ1n) is 7.05. The van der Waals surface area contributed by atoms with Crippen molar-refractivity contribution < 1.29 is 0 Å². The molecule has 1 nitrogen and oxygen atoms in total. The Morgan fingerprint density at radius 2 is 1.75 bits per heavy atom. The van der Waals surface area contributed by atoms with Crippen LogP contribution in [0.2, 0.25) is 11.6 Å². The molecule has 0 fully saturated rings. The summed E-state index contributed by atoms with van der Waals surface area (Å²) in [5, 5.41) is 1.51. The normalized spacial score (nSPS) is 14.6. The van der Waals surface area contributed by atoms with Gasteiger partial charge in [0.05, 0.1) is 8.80 Å². The molecule has 2 heteroatoms. The standard InChI is InChI=1S/C14H31NSi/c1-7-11-12-16(13(5)8-2)14(6)15(9-3)10-4/h13,16H,6-12H2,1-5H3. The second-order valence-corrected chi connectivity index (χ2v) is 8.39. The second-order valence-electron chi connectivity index (χ2n) is 4.80. The van der Waals surface area contributed by atoms with Crippen molar-refractivity contribution in [3.05, 3.63) is 11.9 Å². The molecule has 0 aromatic carbocycles. The third-order valence-corrected chi connectivity index (χ3v) is 7.89. The van der Waals surface area contributed by atoms with Crippen LogP contribution < -0.4 is 0 Å². The molecular formula is C14H31NSi. The van der Waals surface area contributed by atoms with Crippen molar-refractivity contribution >= 4 is 8.80 Å². The van der Waals surface area contributed by atoms with Gasteiger partial charge in [-0.1, -0.05) is 52.7 Å². The monoisotopic (exact) mass is 241 g/mol. The van der Waals surface area contributed by atoms with Crippen LogP contribution in [0.5, 0.6) is 0 Å². The Hall–Kier alpha value is -0.243. The summed E-state index contributed by atoms with van der Waals surface area (Å²) in [7, 11) is -0.801. The molecule has 0 spiro atoms. The van der Waals surface area contributed by atoms with Crippen molar-refractivity contribution in [1.29, 1.82) is 0 Å². The highest BCUT2D eigenvalue weighted by Crippen LogP contribution is 2.25. The summed E-state index contributed by atoms with van der Waals surface area (Å²) in [6.45, 7) is 18.2. The lowest BCUT2D eigenvalue weighted by Crippen LogP contribution is -2.34. The maximum Gasteiger partial charge on any atom is 0.0932 e. The minimum Gasteiger partial charge on any atom is -0.380 e. The lowest BCUT2D eigenvalue weighted by molar-refractivity contribution is 0.402. The average molecular weight is 241 g/mol. The Morgan fingerprint density at radius 3 is 2.12 bits per heavy atom. The quantitative estimate of drug-likeness (QED) is 0.547. The predicted molar refractivity (Wildman–Crippen MR) is 78.6 cm³/mol. The first kappa shape index (κ1) is 15.8. The molecule has 0 aliphatic rings. The van der Waals surface area contributed by atoms with Crippen LogP contribution in [0.25, 0.3) is 0 Å². The SMILES string of the molecule is C=C(N(CC)CC)[SiH](CCCC)C(C)CC. The van der Waals surface area contributed by atoms with E-state index in [4.69, 9.17) is 0 Å². The molecule has 0 aromatic rings. The second kappa shape index (κ2) is 8.86. The van der Waals surface area contributed by atoms with Gasteiger partial charge in [-0.25, -0.2) is 0 Å². The van der Waals surface area contributed by atoms with E-state index in [1.165, 1.54) is 30.6 Å². The molecule has 0 aliphatic heterocycles. The van der Waals surface area contributed by atoms with Gasteiger partial charge in [-0.2, -0.15) is 0 Å². The molecule has 0 heterocycles. The van der Waals surface area contributed by atoms with E-state index in [2.05, 4.69) is 46.1 Å². The third kappa shape index (κ3) is 4.73. The van der Waals surface area contributed by atoms with E-state index in [0.29, 0.717) is 0 Å². The minimum atomic E-state index is -0.801. The number of rotatable bonds is 9. The van der Waals surface area contributed by atoms with Crippen LogP contribution in [0.4, 0.5) is 0 Å². The van der Waals surface area contributed by atoms with E-state index in [-0.39, 0.29) is 0 Å². The highest BCUT2D eigenvalue weighted by Gasteiger charge is 2.23. The summed E-state index contributed by atoms with van der Waals surface area (Å²) >= 11 is 0. The van der Waals surface area contributed by atoms with E-state index in [1.807, 2.05) is 0 Å². The lowest BCUT2D eigenvalue weighted by Gasteiger charge is -2.32. The zero-order chi connectivity index (χ0) is 12.6. The fraction of sp³-hybridized carbons (Fsp3) is 0.857. The smallest absolute Gasteiger partial charge is 0.0932 e. The molecule has 2 unspecified atom stereocenters. The molecule has 16 heavy (non-hydrogen) atoms. The highest BCUT2D eigenvalue weighted by molar-refractivity contribution is 6.67. The summed E-state index contributed by atoms with van der Waals surface area (Å²) < 4.78 is 0. The molecule has 0 radical (unpaired) electrons. The first-order valence-corrected chi connectivity index (χ1v) is 9.11. The van der Waals surface area contributed by atoms with Gasteiger partial charge in [0.1, 0.15) is 0 Å². The third-order valence-electron chi connectivity index (χ3n) is 3.80. The van der Waals surface area contributed by atoms with Crippen molar-refractivity contribution in [2.75, 3.05) is 13.1 Å². The summed E-state index contributed by atoms with van der Waals surface area (Å²) in [6, 6.07) is 1.45. The lowest BCUT2D eigenvalue weighted by atomic mass is 10.4. The van der Waals surface area contributed by atoms with Crippen molar-refractivity contribution in [1.82, 2.24) is 4.90 Å². The fourth-order valence-corrected chi connectivity index (χ4v) is 6.16. The van der Waals surface area contributed by atoms with Crippen LogP contribution in [0.3, 0.4) is 0 Å². The van der Waals surface area contributed by atoms with Crippen LogP contribution in [0.15, 0.2) is 11.9 Å². The molecule has 0 rings (SSSR count). The van der Waals surface area contributed by atoms with E-state index in [1.54, 1.807) is 0 Å². The summed E-state index contributed by atoms with van der Waals surface area (Å²) in [5.74, 6) is 0. The van der Waals surface area contributed by atoms with Crippen LogP contribution in [-0.4, -0.2) is 26.8 Å². The maximum absolute atomic E-state index is 4.41. The highest BCUT2D eigenvalue weighted by atomic mass is 28.3. The molecule has 2 atom stereocenters. The van der Waals surface area contributed by atoms with Crippen molar-refractivity contribution in [3.63, 3.8) is 0 Å². The summed E-state index contributed by atoms with van der Waals surface area (Å²) in [4.78, 5) is 2.48. The van der Waals surface area contributed by atoms with Crippen LogP contribution in [0.1, 0.15) is 53.9 Å². The van der Waals surface area contributed by atoms with Gasteiger partial charge in [-0.05, 0) is 24.7 Å². The average Bonchev–Trinajstić information content (AvgIpc) is 2.30. The molecule has 0 saturated carbocycles. The molecule has 96 valence electrons. The van der Waals surface area contributed by atoms with Gasteiger partial charge in [-0.15, -0.1) is 0 Å². The molecule has 0 aliphatic carbocycles. The Kier molecular flexibility index (Phi) is 8.72. The van der Waals surface area contributed by atoms with E-state index in [9.17, 15) is 0 Å². The molecule has 0 N–H and O–H groups in total. The number of hydrogen-bond donors (Lipinski definition) is 0. The van der Waals surface area contributed by atoms with Gasteiger partial charge in [-0.3, -0.25) is 0 Å². The summed E-state index contributed by atoms with van der Waals surface area (Å²) in [5.41, 5.74) is 0.902. The number of nitrogens with zero attached hydrogens (tertiary/aromatic N) is 1. The van der Waals surface area contributed by atoms with E-state index >= 15 is 0 Å². The van der Waals surface area contributed by atoms with Crippen molar-refractivity contribution in [2.45, 2.75) is 65.5 Å². The van der Waals surface area contributed by atoms with Crippen molar-refractivity contribution in [2.24, 2.45) is 0 Å². The Balaban J connectivity index is 4.53. The molecule has 0 amide bonds. The Labute approximate surface area is 105 Å². The Bertz CT molecular complexity index is 187. The van der Waals surface area contributed by atoms with E-state index in [0.717, 1.165) is 18.6 Å². The largest absolute Gasteiger partial charge is 0.380 e. The zero-order valence-corrected chi connectivity index (χ0v) is 13.2. The van der Waals surface area contributed by atoms with Crippen molar-refractivity contribution in [3.8, 4) is 0 Å². The van der Waals surface area contributed by atoms with Gasteiger partial charge in [0, 0.05) is 13.1 Å². The minimum absolute atomic E-state index is 0.801. The number of unbranched alkanes of at least 4 members (excludes halogenated alkanes) is 1. The maximum atomic E-state index is 4.41. The van der Waals surface area contributed by atoms with E-state index < -0.39 is 8.80 Å². The van der Waals surface area contributed by atoms with Gasteiger partial charge in [0.15, 0.2) is 0 Å². The van der Waals surface area contributed by atoms with Crippen LogP contribution in [-0.2, 0) is 0 Å². The molecule has 0 aromatic heterocycles.